The van der Waals surface area contributed by atoms with Crippen LogP contribution in [-0.4, -0.2) is 70.5 Å². The SMILES string of the molecule is C.C.C.C.CC.CC.CC(C)=O.CC=CC#N.CN=CN(C)C.CN=CN(C)C.[CH2-]C#N.[Rb+].c1ccccc1.c1ccccc1. The third kappa shape index (κ3) is 212. The minimum Gasteiger partial charge on any atom is -0.369 e. The fourth-order valence-corrected chi connectivity index (χ4v) is 1.31. The summed E-state index contributed by atoms with van der Waals surface area (Å²) >= 11 is 0. The van der Waals surface area contributed by atoms with Gasteiger partial charge in [-0.3, -0.25) is 9.98 Å². The first-order valence-electron chi connectivity index (χ1n) is 12.9. The van der Waals surface area contributed by atoms with E-state index in [1.807, 2.05) is 151 Å². The first-order valence-corrected chi connectivity index (χ1v) is 12.9. The third-order valence-corrected chi connectivity index (χ3v) is 2.27. The van der Waals surface area contributed by atoms with Crippen LogP contribution in [0.25, 0.3) is 0 Å². The van der Waals surface area contributed by atoms with Crippen molar-refractivity contribution < 1.29 is 63.0 Å². The summed E-state index contributed by atoms with van der Waals surface area (Å²) < 4.78 is 0. The number of Topliss-reactive ketones (excluding diaryl/α,β-unsaturated/α-hetero) is 1. The van der Waals surface area contributed by atoms with Gasteiger partial charge in [0.25, 0.3) is 0 Å². The van der Waals surface area contributed by atoms with Crippen LogP contribution in [0.2, 0.25) is 0 Å². The van der Waals surface area contributed by atoms with Gasteiger partial charge in [-0.2, -0.15) is 5.26 Å². The minimum absolute atomic E-state index is 0. The van der Waals surface area contributed by atoms with Gasteiger partial charge in [0.05, 0.1) is 18.7 Å². The number of benzene rings is 2. The molecule has 0 radical (unpaired) electrons. The first kappa shape index (κ1) is 78.7. The zero-order valence-electron chi connectivity index (χ0n) is 28.5. The maximum atomic E-state index is 9.44. The number of carbonyl (C=O) groups excluding carboxylic acids is 1. The number of rotatable bonds is 2. The van der Waals surface area contributed by atoms with Crippen molar-refractivity contribution in [2.24, 2.45) is 9.98 Å². The van der Waals surface area contributed by atoms with Crippen LogP contribution in [0.15, 0.2) is 94.9 Å². The Bertz CT molecular complexity index is 707. The topological polar surface area (TPSA) is 95.8 Å². The zero-order valence-corrected chi connectivity index (χ0v) is 33.5. The number of ketones is 1. The average Bonchev–Trinajstić information content (AvgIpc) is 2.95. The fraction of sp³-hybridized carbons (Fsp3) is 0.459. The molecule has 0 aliphatic heterocycles. The van der Waals surface area contributed by atoms with Crippen molar-refractivity contribution in [2.45, 2.75) is 78.2 Å². The van der Waals surface area contributed by atoms with Gasteiger partial charge in [-0.15, -0.1) is 6.07 Å². The van der Waals surface area contributed by atoms with Gasteiger partial charge >= 0.3 is 58.2 Å². The van der Waals surface area contributed by atoms with E-state index in [0.717, 1.165) is 0 Å². The van der Waals surface area contributed by atoms with E-state index in [1.165, 1.54) is 26.0 Å². The van der Waals surface area contributed by atoms with Gasteiger partial charge in [-0.1, -0.05) is 136 Å². The van der Waals surface area contributed by atoms with E-state index in [4.69, 9.17) is 10.5 Å². The van der Waals surface area contributed by atoms with Gasteiger partial charge in [0.1, 0.15) is 5.78 Å². The Morgan fingerprint density at radius 2 is 0.800 bits per heavy atom. The molecule has 2 aromatic rings. The van der Waals surface area contributed by atoms with Crippen molar-refractivity contribution in [2.75, 3.05) is 42.3 Å². The third-order valence-electron chi connectivity index (χ3n) is 2.27. The molecule has 0 heterocycles. The monoisotopic (exact) mass is 702 g/mol. The molecule has 2 aromatic carbocycles. The standard InChI is InChI=1S/2C6H6.2C4H10N2.C4H5N.C3H6O.C2H2N.2C2H6.4CH4.Rb/c2*1-2-4-6-5-3-1;2*1-5-4-6(2)3;1-2-3-4-5;1-3(2)4;1-2-3;2*1-2;;;;;/h2*1-6H;2*4H,1-3H3;2-3H,1H3;1-2H3;1H2;2*1-2H3;4*1H4;/q;;;;;;-1;;;;;;;+1. The van der Waals surface area contributed by atoms with Crippen LogP contribution in [0.3, 0.4) is 0 Å². The summed E-state index contributed by atoms with van der Waals surface area (Å²) in [7, 11) is 11.2. The molecular weight excluding hydrogens is 630 g/mol. The van der Waals surface area contributed by atoms with E-state index in [1.54, 1.807) is 32.8 Å². The summed E-state index contributed by atoms with van der Waals surface area (Å²) in [6.07, 6.45) is 6.62. The maximum absolute atomic E-state index is 9.44. The number of nitrogens with zero attached hydrogens (tertiary/aromatic N) is 6. The summed E-state index contributed by atoms with van der Waals surface area (Å²) in [5.74, 6) is 0.167. The second-order valence-electron chi connectivity index (χ2n) is 6.68. The van der Waals surface area contributed by atoms with Crippen LogP contribution in [0.4, 0.5) is 0 Å². The Labute approximate surface area is 333 Å². The van der Waals surface area contributed by atoms with Crippen LogP contribution < -0.4 is 58.2 Å². The Balaban J connectivity index is -0.0000000274. The molecule has 0 atom stereocenters. The molecule has 7 nitrogen and oxygen atoms in total. The number of hydrogen-bond donors (Lipinski definition) is 0. The molecule has 0 aromatic heterocycles. The zero-order chi connectivity index (χ0) is 32.9. The second-order valence-corrected chi connectivity index (χ2v) is 6.68. The van der Waals surface area contributed by atoms with Crippen LogP contribution in [-0.2, 0) is 4.79 Å². The van der Waals surface area contributed by atoms with Gasteiger partial charge in [0.15, 0.2) is 0 Å². The van der Waals surface area contributed by atoms with E-state index in [0.29, 0.717) is 0 Å². The van der Waals surface area contributed by atoms with Gasteiger partial charge in [-0.25, -0.2) is 5.26 Å². The van der Waals surface area contributed by atoms with E-state index in [2.05, 4.69) is 16.9 Å². The maximum Gasteiger partial charge on any atom is 1.00 e. The quantitative estimate of drug-likeness (QED) is 0.141. The predicted molar refractivity (Wildman–Crippen MR) is 206 cm³/mol. The Kier molecular flexibility index (Phi) is 169. The van der Waals surface area contributed by atoms with Crippen molar-refractivity contribution in [3.8, 4) is 12.1 Å². The molecule has 0 N–H and O–H groups in total. The van der Waals surface area contributed by atoms with Crippen LogP contribution in [0, 0.1) is 29.6 Å². The number of allylic oxidation sites excluding steroid dienone is 2. The second kappa shape index (κ2) is 96.9. The van der Waals surface area contributed by atoms with E-state index < -0.39 is 0 Å². The van der Waals surface area contributed by atoms with Gasteiger partial charge < -0.3 is 21.5 Å². The minimum atomic E-state index is 0. The normalized spacial score (nSPS) is 6.64. The summed E-state index contributed by atoms with van der Waals surface area (Å²) in [5, 5.41) is 14.9. The van der Waals surface area contributed by atoms with E-state index in [-0.39, 0.29) is 93.7 Å². The smallest absolute Gasteiger partial charge is 0.369 e. The average molecular weight is 704 g/mol. The summed E-state index contributed by atoms with van der Waals surface area (Å²) in [6.45, 7) is 15.7. The number of hydrogen-bond acceptors (Lipinski definition) is 5. The molecule has 0 aliphatic rings. The van der Waals surface area contributed by atoms with Crippen molar-refractivity contribution in [3.63, 3.8) is 0 Å². The van der Waals surface area contributed by atoms with Crippen LogP contribution in [0.5, 0.6) is 0 Å². The van der Waals surface area contributed by atoms with Crippen LogP contribution >= 0.6 is 0 Å². The van der Waals surface area contributed by atoms with Crippen molar-refractivity contribution >= 4 is 18.5 Å². The summed E-state index contributed by atoms with van der Waals surface area (Å²) in [5.41, 5.74) is 0. The molecular formula is C37H73N6ORb. The predicted octanol–water partition coefficient (Wildman–Crippen LogP) is 7.41. The Hall–Kier alpha value is -2.55. The molecule has 0 spiro atoms. The molecule has 0 unspecified atom stereocenters. The molecule has 0 saturated heterocycles. The Morgan fingerprint density at radius 1 is 0.644 bits per heavy atom. The molecule has 0 saturated carbocycles. The Morgan fingerprint density at radius 3 is 0.822 bits per heavy atom. The van der Waals surface area contributed by atoms with Crippen LogP contribution in [0.1, 0.15) is 78.2 Å². The van der Waals surface area contributed by atoms with E-state index >= 15 is 0 Å². The number of carbonyl (C=O) groups is 1. The first-order chi connectivity index (χ1) is 19.1. The molecule has 8 heteroatoms. The molecule has 0 aliphatic carbocycles. The van der Waals surface area contributed by atoms with Gasteiger partial charge in [-0.05, 0) is 20.8 Å². The largest absolute Gasteiger partial charge is 1.00 e. The molecule has 0 amide bonds. The molecule has 258 valence electrons. The molecule has 0 fully saturated rings. The van der Waals surface area contributed by atoms with Crippen molar-refractivity contribution in [1.82, 2.24) is 9.80 Å². The van der Waals surface area contributed by atoms with Crippen molar-refractivity contribution in [1.29, 1.82) is 10.5 Å². The fourth-order valence-electron chi connectivity index (χ4n) is 1.31. The van der Waals surface area contributed by atoms with Gasteiger partial charge in [0, 0.05) is 48.4 Å². The number of aliphatic imine (C=N–C) groups is 2. The molecule has 0 bridgehead atoms. The number of nitriles is 2. The van der Waals surface area contributed by atoms with Crippen molar-refractivity contribution in [3.05, 3.63) is 91.9 Å². The molecule has 2 rings (SSSR count). The summed E-state index contributed by atoms with van der Waals surface area (Å²) in [6, 6.07) is 27.3. The van der Waals surface area contributed by atoms with E-state index in [9.17, 15) is 4.79 Å². The van der Waals surface area contributed by atoms with Gasteiger partial charge in [0.2, 0.25) is 0 Å². The molecule has 45 heavy (non-hydrogen) atoms. The summed E-state index contributed by atoms with van der Waals surface area (Å²) in [4.78, 5) is 20.7.